The highest BCUT2D eigenvalue weighted by Crippen LogP contribution is 2.51. The second-order valence-corrected chi connectivity index (χ2v) is 13.6. The first kappa shape index (κ1) is 33.2. The number of amides is 2. The number of carbonyl (C=O) groups excluding carboxylic acids is 2. The Morgan fingerprint density at radius 1 is 0.769 bits per heavy atom. The Bertz CT molecular complexity index is 2090. The lowest BCUT2D eigenvalue weighted by atomic mass is 9.69. The Labute approximate surface area is 303 Å². The van der Waals surface area contributed by atoms with Crippen molar-refractivity contribution in [3.63, 3.8) is 0 Å². The topological polar surface area (TPSA) is 88.1 Å². The zero-order valence-electron chi connectivity index (χ0n) is 28.7. The molecule has 2 saturated heterocycles. The van der Waals surface area contributed by atoms with Crippen LogP contribution in [0.25, 0.3) is 11.6 Å². The molecule has 5 aromatic rings. The summed E-state index contributed by atoms with van der Waals surface area (Å²) in [6.45, 7) is 0.709. The molecule has 7 nitrogen and oxygen atoms in total. The van der Waals surface area contributed by atoms with Crippen molar-refractivity contribution in [2.45, 2.75) is 25.4 Å². The number of nitrogens with zero attached hydrogens (tertiary/aromatic N) is 1. The molecule has 0 spiro atoms. The van der Waals surface area contributed by atoms with Gasteiger partial charge in [0.25, 0.3) is 0 Å². The van der Waals surface area contributed by atoms with Gasteiger partial charge in [0.05, 0.1) is 30.2 Å². The van der Waals surface area contributed by atoms with Gasteiger partial charge in [0.2, 0.25) is 11.8 Å². The van der Waals surface area contributed by atoms with E-state index >= 15 is 0 Å². The number of anilines is 3. The molecular weight excluding hydrogens is 649 g/mol. The second kappa shape index (κ2) is 14.7. The number of phenolic OH excluding ortho intramolecular Hbond substituents is 1. The Morgan fingerprint density at radius 2 is 1.42 bits per heavy atom. The minimum Gasteiger partial charge on any atom is -0.508 e. The van der Waals surface area contributed by atoms with E-state index in [4.69, 9.17) is 9.47 Å². The van der Waals surface area contributed by atoms with Gasteiger partial charge in [-0.3, -0.25) is 14.5 Å². The molecule has 0 bridgehead atoms. The molecule has 7 heteroatoms. The molecular formula is C45H40N2O5. The van der Waals surface area contributed by atoms with E-state index in [1.807, 2.05) is 115 Å². The van der Waals surface area contributed by atoms with Crippen LogP contribution in [0.3, 0.4) is 0 Å². The van der Waals surface area contributed by atoms with Gasteiger partial charge in [-0.1, -0.05) is 84.9 Å². The van der Waals surface area contributed by atoms with E-state index in [9.17, 15) is 14.7 Å². The highest BCUT2D eigenvalue weighted by molar-refractivity contribution is 6.22. The maximum atomic E-state index is 14.3. The van der Waals surface area contributed by atoms with Gasteiger partial charge in [-0.2, -0.15) is 0 Å². The summed E-state index contributed by atoms with van der Waals surface area (Å²) in [5, 5.41) is 13.2. The third-order valence-electron chi connectivity index (χ3n) is 10.4. The van der Waals surface area contributed by atoms with Crippen LogP contribution in [-0.4, -0.2) is 36.2 Å². The molecule has 2 aliphatic heterocycles. The van der Waals surface area contributed by atoms with Crippen molar-refractivity contribution in [3.05, 3.63) is 162 Å². The first-order chi connectivity index (χ1) is 25.5. The molecule has 1 aliphatic carbocycles. The second-order valence-electron chi connectivity index (χ2n) is 13.6. The Kier molecular flexibility index (Phi) is 9.42. The predicted molar refractivity (Wildman–Crippen MR) is 204 cm³/mol. The number of hydrogen-bond acceptors (Lipinski definition) is 6. The Hall–Kier alpha value is -5.92. The van der Waals surface area contributed by atoms with Crippen LogP contribution in [-0.2, 0) is 14.3 Å². The number of phenols is 1. The number of fused-ring (bicyclic) bond motifs is 3. The van der Waals surface area contributed by atoms with E-state index in [0.29, 0.717) is 31.7 Å². The van der Waals surface area contributed by atoms with Gasteiger partial charge in [0.15, 0.2) is 0 Å². The van der Waals surface area contributed by atoms with Gasteiger partial charge >= 0.3 is 0 Å². The standard InChI is InChI=1S/C45H40N2O5/c48-37-23-16-30(17-24-37)26-32(31-10-4-1-5-11-31)18-25-41-42-33(28-51-38-14-8-3-9-15-38)27-39-43(40(42)29-52-41)45(50)47(44(39)49)36-21-19-35(20-22-36)46-34-12-6-2-7-13-34/h1-17,19-24,26,39-41,43,46,48H,18,25,27-29H2/b32-26-/t39-,40+,41-,43-/m1/s1. The number of para-hydroxylation sites is 2. The molecule has 0 unspecified atom stereocenters. The molecule has 5 aromatic carbocycles. The summed E-state index contributed by atoms with van der Waals surface area (Å²) < 4.78 is 12.9. The first-order valence-electron chi connectivity index (χ1n) is 17.9. The summed E-state index contributed by atoms with van der Waals surface area (Å²) in [7, 11) is 0. The molecule has 4 atom stereocenters. The minimum absolute atomic E-state index is 0.161. The van der Waals surface area contributed by atoms with Gasteiger partial charge in [-0.15, -0.1) is 0 Å². The van der Waals surface area contributed by atoms with E-state index in [1.165, 1.54) is 4.90 Å². The van der Waals surface area contributed by atoms with Crippen LogP contribution in [0.1, 0.15) is 30.4 Å². The summed E-state index contributed by atoms with van der Waals surface area (Å²) in [6.07, 6.45) is 3.83. The van der Waals surface area contributed by atoms with Crippen LogP contribution in [0.4, 0.5) is 17.1 Å². The molecule has 2 amide bonds. The first-order valence-corrected chi connectivity index (χ1v) is 17.9. The third-order valence-corrected chi connectivity index (χ3v) is 10.4. The fourth-order valence-corrected chi connectivity index (χ4v) is 7.94. The van der Waals surface area contributed by atoms with Crippen molar-refractivity contribution in [3.8, 4) is 11.5 Å². The van der Waals surface area contributed by atoms with Gasteiger partial charge < -0.3 is 19.9 Å². The van der Waals surface area contributed by atoms with Crippen LogP contribution in [0.15, 0.2) is 151 Å². The molecule has 260 valence electrons. The molecule has 0 saturated carbocycles. The molecule has 2 fully saturated rings. The average Bonchev–Trinajstić information content (AvgIpc) is 3.72. The molecule has 2 heterocycles. The maximum absolute atomic E-state index is 14.3. The van der Waals surface area contributed by atoms with Crippen molar-refractivity contribution in [1.29, 1.82) is 0 Å². The molecule has 0 radical (unpaired) electrons. The number of nitrogens with one attached hydrogen (secondary N) is 1. The highest BCUT2D eigenvalue weighted by Gasteiger charge is 2.57. The van der Waals surface area contributed by atoms with Gasteiger partial charge in [0.1, 0.15) is 18.1 Å². The number of ether oxygens (including phenoxy) is 2. The van der Waals surface area contributed by atoms with Crippen LogP contribution in [0.2, 0.25) is 0 Å². The fraction of sp³-hybridized carbons (Fsp3) is 0.200. The van der Waals surface area contributed by atoms with Crippen molar-refractivity contribution in [2.75, 3.05) is 23.4 Å². The Morgan fingerprint density at radius 3 is 2.13 bits per heavy atom. The Balaban J connectivity index is 1.07. The quantitative estimate of drug-likeness (QED) is 0.0818. The van der Waals surface area contributed by atoms with Crippen LogP contribution in [0, 0.1) is 17.8 Å². The molecule has 8 rings (SSSR count). The molecule has 3 aliphatic rings. The van der Waals surface area contributed by atoms with E-state index in [2.05, 4.69) is 23.5 Å². The number of carbonyl (C=O) groups is 2. The van der Waals surface area contributed by atoms with Gasteiger partial charge in [-0.05, 0) is 108 Å². The van der Waals surface area contributed by atoms with E-state index in [-0.39, 0.29) is 29.6 Å². The maximum Gasteiger partial charge on any atom is 0.238 e. The van der Waals surface area contributed by atoms with Crippen molar-refractivity contribution < 1.29 is 24.2 Å². The van der Waals surface area contributed by atoms with E-state index in [0.717, 1.165) is 51.4 Å². The smallest absolute Gasteiger partial charge is 0.238 e. The number of hydrogen-bond donors (Lipinski definition) is 2. The van der Waals surface area contributed by atoms with Gasteiger partial charge in [0, 0.05) is 17.3 Å². The van der Waals surface area contributed by atoms with Crippen LogP contribution < -0.4 is 15.0 Å². The zero-order chi connectivity index (χ0) is 35.4. The van der Waals surface area contributed by atoms with E-state index in [1.54, 1.807) is 12.1 Å². The lowest BCUT2D eigenvalue weighted by Crippen LogP contribution is -2.35. The predicted octanol–water partition coefficient (Wildman–Crippen LogP) is 9.06. The van der Waals surface area contributed by atoms with Crippen molar-refractivity contribution >= 4 is 40.5 Å². The largest absolute Gasteiger partial charge is 0.508 e. The number of imide groups is 1. The van der Waals surface area contributed by atoms with Crippen molar-refractivity contribution in [1.82, 2.24) is 0 Å². The summed E-state index contributed by atoms with van der Waals surface area (Å²) in [5.74, 6) is -0.516. The summed E-state index contributed by atoms with van der Waals surface area (Å²) >= 11 is 0. The van der Waals surface area contributed by atoms with Gasteiger partial charge in [-0.25, -0.2) is 0 Å². The number of aromatic hydroxyl groups is 1. The lowest BCUT2D eigenvalue weighted by molar-refractivity contribution is -0.122. The normalized spacial score (nSPS) is 21.2. The summed E-state index contributed by atoms with van der Waals surface area (Å²) in [4.78, 5) is 29.8. The van der Waals surface area contributed by atoms with E-state index < -0.39 is 11.8 Å². The lowest BCUT2D eigenvalue weighted by Gasteiger charge is -2.31. The van der Waals surface area contributed by atoms with Crippen molar-refractivity contribution in [2.24, 2.45) is 17.8 Å². The molecule has 2 N–H and O–H groups in total. The van der Waals surface area contributed by atoms with Crippen LogP contribution in [0.5, 0.6) is 11.5 Å². The highest BCUT2D eigenvalue weighted by atomic mass is 16.5. The average molecular weight is 689 g/mol. The number of allylic oxidation sites excluding steroid dienone is 1. The van der Waals surface area contributed by atoms with Crippen LogP contribution >= 0.6 is 0 Å². The SMILES string of the molecule is O=C1[C@@H]2[C@@H](CC(COc3ccccc3)=C3[C@@H](CC/C(=C/c4ccc(O)cc4)c4ccccc4)OC[C@@H]32)C(=O)N1c1ccc(Nc2ccccc2)cc1. The minimum atomic E-state index is -0.490. The fourth-order valence-electron chi connectivity index (χ4n) is 7.94. The molecule has 52 heavy (non-hydrogen) atoms. The summed E-state index contributed by atoms with van der Waals surface area (Å²) in [6, 6.07) is 44.5. The number of rotatable bonds is 11. The zero-order valence-corrected chi connectivity index (χ0v) is 28.7. The number of benzene rings is 5. The summed E-state index contributed by atoms with van der Waals surface area (Å²) in [5.41, 5.74) is 7.84. The third kappa shape index (κ3) is 6.88. The monoisotopic (exact) mass is 688 g/mol. The molecule has 0 aromatic heterocycles.